The first-order valence-corrected chi connectivity index (χ1v) is 8.23. The third-order valence-corrected chi connectivity index (χ3v) is 5.06. The number of nitrogens with zero attached hydrogens (tertiary/aromatic N) is 3. The smallest absolute Gasteiger partial charge is 0.237 e. The lowest BCUT2D eigenvalue weighted by Crippen LogP contribution is -2.54. The van der Waals surface area contributed by atoms with E-state index in [-0.39, 0.29) is 11.9 Å². The lowest BCUT2D eigenvalue weighted by atomic mass is 10.2. The minimum atomic E-state index is -0.0178. The predicted octanol–water partition coefficient (Wildman–Crippen LogP) is 1.24. The van der Waals surface area contributed by atoms with E-state index < -0.39 is 0 Å². The number of nitrogens with one attached hydrogen (secondary N) is 1. The molecule has 2 fully saturated rings. The molecule has 1 aliphatic heterocycles. The third-order valence-electron chi connectivity index (χ3n) is 4.04. The zero-order chi connectivity index (χ0) is 14.1. The molecule has 1 N–H and O–H groups in total. The average Bonchev–Trinajstić information content (AvgIpc) is 3.17. The third kappa shape index (κ3) is 3.12. The number of rotatable bonds is 4. The molecule has 2 heterocycles. The minimum Gasteiger partial charge on any atom is -0.352 e. The molecule has 1 amide bonds. The molecule has 1 aromatic heterocycles. The number of hydrogen-bond acceptors (Lipinski definition) is 5. The highest BCUT2D eigenvalue weighted by molar-refractivity contribution is 7.13. The molecule has 1 aromatic rings. The lowest BCUT2D eigenvalue weighted by Gasteiger charge is -2.37. The average molecular weight is 294 g/mol. The number of carbonyl (C=O) groups is 1. The molecule has 1 aliphatic carbocycles. The maximum absolute atomic E-state index is 12.1. The molecule has 20 heavy (non-hydrogen) atoms. The van der Waals surface area contributed by atoms with Crippen LogP contribution in [0.25, 0.3) is 0 Å². The first kappa shape index (κ1) is 13.8. The van der Waals surface area contributed by atoms with Gasteiger partial charge in [-0.15, -0.1) is 11.3 Å². The van der Waals surface area contributed by atoms with Crippen LogP contribution in [-0.4, -0.2) is 54.1 Å². The molecule has 0 bridgehead atoms. The molecule has 1 unspecified atom stereocenters. The van der Waals surface area contributed by atoms with E-state index in [1.165, 1.54) is 0 Å². The Morgan fingerprint density at radius 3 is 2.65 bits per heavy atom. The van der Waals surface area contributed by atoms with Crippen molar-refractivity contribution in [3.8, 4) is 0 Å². The monoisotopic (exact) mass is 294 g/mol. The molecular formula is C14H22N4OS. The van der Waals surface area contributed by atoms with Crippen molar-refractivity contribution in [1.29, 1.82) is 0 Å². The normalized spacial score (nSPS) is 21.8. The van der Waals surface area contributed by atoms with Gasteiger partial charge in [0.25, 0.3) is 0 Å². The first-order valence-electron chi connectivity index (χ1n) is 7.35. The van der Waals surface area contributed by atoms with Crippen LogP contribution < -0.4 is 10.2 Å². The second-order valence-corrected chi connectivity index (χ2v) is 6.59. The zero-order valence-electron chi connectivity index (χ0n) is 12.1. The summed E-state index contributed by atoms with van der Waals surface area (Å²) in [5, 5.41) is 6.29. The molecule has 3 rings (SSSR count). The van der Waals surface area contributed by atoms with Crippen LogP contribution in [0.1, 0.15) is 25.5 Å². The Balaban J connectivity index is 1.51. The predicted molar refractivity (Wildman–Crippen MR) is 81.3 cm³/mol. The summed E-state index contributed by atoms with van der Waals surface area (Å²) in [6.45, 7) is 7.80. The van der Waals surface area contributed by atoms with Gasteiger partial charge in [0.15, 0.2) is 5.13 Å². The number of carbonyl (C=O) groups excluding carboxylic acids is 1. The molecule has 0 radical (unpaired) electrons. The molecule has 1 atom stereocenters. The SMILES string of the molecule is Cc1csc(N2CCN(C(C)C(=O)NC3CC3)CC2)n1. The van der Waals surface area contributed by atoms with Gasteiger partial charge in [-0.2, -0.15) is 0 Å². The van der Waals surface area contributed by atoms with Crippen molar-refractivity contribution in [3.05, 3.63) is 11.1 Å². The molecule has 110 valence electrons. The molecule has 2 aliphatic rings. The Bertz CT molecular complexity index is 477. The van der Waals surface area contributed by atoms with Crippen molar-refractivity contribution >= 4 is 22.4 Å². The number of aryl methyl sites for hydroxylation is 1. The number of anilines is 1. The number of aromatic nitrogens is 1. The van der Waals surface area contributed by atoms with Crippen LogP contribution in [0, 0.1) is 6.92 Å². The van der Waals surface area contributed by atoms with Crippen molar-refractivity contribution in [2.75, 3.05) is 31.1 Å². The Morgan fingerprint density at radius 1 is 1.40 bits per heavy atom. The van der Waals surface area contributed by atoms with Gasteiger partial charge in [0.2, 0.25) is 5.91 Å². The van der Waals surface area contributed by atoms with E-state index in [2.05, 4.69) is 25.5 Å². The standard InChI is InChI=1S/C14H22N4OS/c1-10-9-20-14(15-10)18-7-5-17(6-8-18)11(2)13(19)16-12-3-4-12/h9,11-12H,3-8H2,1-2H3,(H,16,19). The maximum atomic E-state index is 12.1. The molecular weight excluding hydrogens is 272 g/mol. The fourth-order valence-corrected chi connectivity index (χ4v) is 3.36. The van der Waals surface area contributed by atoms with E-state index in [9.17, 15) is 4.79 Å². The molecule has 6 heteroatoms. The number of thiazole rings is 1. The zero-order valence-corrected chi connectivity index (χ0v) is 12.9. The highest BCUT2D eigenvalue weighted by atomic mass is 32.1. The summed E-state index contributed by atoms with van der Waals surface area (Å²) in [5.41, 5.74) is 1.09. The van der Waals surface area contributed by atoms with Gasteiger partial charge in [0.05, 0.1) is 11.7 Å². The molecule has 1 saturated heterocycles. The van der Waals surface area contributed by atoms with E-state index >= 15 is 0 Å². The molecule has 0 spiro atoms. The van der Waals surface area contributed by atoms with Crippen LogP contribution in [0.4, 0.5) is 5.13 Å². The fourth-order valence-electron chi connectivity index (χ4n) is 2.50. The van der Waals surface area contributed by atoms with Gasteiger partial charge in [0, 0.05) is 37.6 Å². The van der Waals surface area contributed by atoms with Crippen molar-refractivity contribution in [2.45, 2.75) is 38.8 Å². The van der Waals surface area contributed by atoms with Crippen molar-refractivity contribution < 1.29 is 4.79 Å². The van der Waals surface area contributed by atoms with Crippen LogP contribution in [0.15, 0.2) is 5.38 Å². The van der Waals surface area contributed by atoms with Gasteiger partial charge in [-0.25, -0.2) is 4.98 Å². The number of piperazine rings is 1. The van der Waals surface area contributed by atoms with Crippen LogP contribution in [-0.2, 0) is 4.79 Å². The minimum absolute atomic E-state index is 0.0178. The lowest BCUT2D eigenvalue weighted by molar-refractivity contribution is -0.126. The van der Waals surface area contributed by atoms with Gasteiger partial charge >= 0.3 is 0 Å². The van der Waals surface area contributed by atoms with Gasteiger partial charge < -0.3 is 10.2 Å². The molecule has 0 aromatic carbocycles. The summed E-state index contributed by atoms with van der Waals surface area (Å²) in [6, 6.07) is 0.431. The van der Waals surface area contributed by atoms with Crippen LogP contribution in [0.2, 0.25) is 0 Å². The van der Waals surface area contributed by atoms with Crippen molar-refractivity contribution in [1.82, 2.24) is 15.2 Å². The first-order chi connectivity index (χ1) is 9.63. The summed E-state index contributed by atoms with van der Waals surface area (Å²) in [6.07, 6.45) is 2.30. The molecule has 1 saturated carbocycles. The van der Waals surface area contributed by atoms with Crippen molar-refractivity contribution in [3.63, 3.8) is 0 Å². The van der Waals surface area contributed by atoms with E-state index in [4.69, 9.17) is 0 Å². The topological polar surface area (TPSA) is 48.5 Å². The summed E-state index contributed by atoms with van der Waals surface area (Å²) in [7, 11) is 0. The van der Waals surface area contributed by atoms with Gasteiger partial charge in [-0.1, -0.05) is 0 Å². The van der Waals surface area contributed by atoms with Crippen molar-refractivity contribution in [2.24, 2.45) is 0 Å². The summed E-state index contributed by atoms with van der Waals surface area (Å²) in [5.74, 6) is 0.186. The Labute approximate surface area is 124 Å². The van der Waals surface area contributed by atoms with E-state index in [1.807, 2.05) is 13.8 Å². The van der Waals surface area contributed by atoms with Crippen LogP contribution >= 0.6 is 11.3 Å². The largest absolute Gasteiger partial charge is 0.352 e. The quantitative estimate of drug-likeness (QED) is 0.908. The van der Waals surface area contributed by atoms with Gasteiger partial charge in [0.1, 0.15) is 0 Å². The van der Waals surface area contributed by atoms with Crippen LogP contribution in [0.5, 0.6) is 0 Å². The second kappa shape index (κ2) is 5.69. The Hall–Kier alpha value is -1.14. The molecule has 5 nitrogen and oxygen atoms in total. The summed E-state index contributed by atoms with van der Waals surface area (Å²) < 4.78 is 0. The number of amides is 1. The van der Waals surface area contributed by atoms with E-state index in [0.717, 1.165) is 49.8 Å². The maximum Gasteiger partial charge on any atom is 0.237 e. The van der Waals surface area contributed by atoms with Crippen LogP contribution in [0.3, 0.4) is 0 Å². The Kier molecular flexibility index (Phi) is 3.94. The van der Waals surface area contributed by atoms with E-state index in [0.29, 0.717) is 6.04 Å². The Morgan fingerprint density at radius 2 is 2.10 bits per heavy atom. The summed E-state index contributed by atoms with van der Waals surface area (Å²) >= 11 is 1.71. The summed E-state index contributed by atoms with van der Waals surface area (Å²) in [4.78, 5) is 21.2. The van der Waals surface area contributed by atoms with E-state index in [1.54, 1.807) is 11.3 Å². The fraction of sp³-hybridized carbons (Fsp3) is 0.714. The number of hydrogen-bond donors (Lipinski definition) is 1. The highest BCUT2D eigenvalue weighted by Gasteiger charge is 2.30. The second-order valence-electron chi connectivity index (χ2n) is 5.75. The highest BCUT2D eigenvalue weighted by Crippen LogP contribution is 2.22. The van der Waals surface area contributed by atoms with Gasteiger partial charge in [-0.3, -0.25) is 9.69 Å². The van der Waals surface area contributed by atoms with Gasteiger partial charge in [-0.05, 0) is 26.7 Å².